The van der Waals surface area contributed by atoms with Gasteiger partial charge in [-0.05, 0) is 5.92 Å². The van der Waals surface area contributed by atoms with E-state index in [2.05, 4.69) is 4.72 Å². The average molecular weight is 262 g/mol. The Bertz CT molecular complexity index is 286. The van der Waals surface area contributed by atoms with Crippen LogP contribution in [-0.4, -0.2) is 27.7 Å². The molecule has 0 saturated heterocycles. The molecule has 16 heavy (non-hydrogen) atoms. The van der Waals surface area contributed by atoms with E-state index in [1.54, 1.807) is 0 Å². The molecule has 0 atom stereocenters. The molecule has 0 aromatic heterocycles. The van der Waals surface area contributed by atoms with Crippen LogP contribution >= 0.6 is 0 Å². The first kappa shape index (κ1) is 15.7. The summed E-state index contributed by atoms with van der Waals surface area (Å²) < 4.78 is 61.0. The van der Waals surface area contributed by atoms with Gasteiger partial charge < -0.3 is 0 Å². The van der Waals surface area contributed by atoms with E-state index in [1.807, 2.05) is 13.8 Å². The van der Waals surface area contributed by atoms with Crippen molar-refractivity contribution in [2.45, 2.75) is 32.9 Å². The Morgan fingerprint density at radius 1 is 1.12 bits per heavy atom. The van der Waals surface area contributed by atoms with Crippen molar-refractivity contribution in [2.24, 2.45) is 5.92 Å². The van der Waals surface area contributed by atoms with Crippen LogP contribution in [0.3, 0.4) is 0 Å². The molecule has 0 spiro atoms. The molecule has 0 heterocycles. The van der Waals surface area contributed by atoms with E-state index in [1.165, 1.54) is 4.72 Å². The predicted molar refractivity (Wildman–Crippen MR) is 55.1 cm³/mol. The van der Waals surface area contributed by atoms with Gasteiger partial charge in [0.05, 0.1) is 0 Å². The molecule has 0 aliphatic heterocycles. The second-order valence-electron chi connectivity index (χ2n) is 3.47. The van der Waals surface area contributed by atoms with E-state index in [9.17, 15) is 21.6 Å². The van der Waals surface area contributed by atoms with E-state index in [4.69, 9.17) is 0 Å². The Morgan fingerprint density at radius 2 is 1.62 bits per heavy atom. The molecule has 8 heteroatoms. The van der Waals surface area contributed by atoms with Crippen molar-refractivity contribution in [1.82, 2.24) is 9.44 Å². The standard InChI is InChI=1S/C8H17F3N2O2S/c1-3-7(4-2)5-12-16(14,15)13-6-8(9,10)11/h7,12-13H,3-6H2,1-2H3. The minimum Gasteiger partial charge on any atom is -0.202 e. The molecule has 0 saturated carbocycles. The molecule has 98 valence electrons. The van der Waals surface area contributed by atoms with Crippen LogP contribution in [0, 0.1) is 5.92 Å². The molecule has 0 rings (SSSR count). The fourth-order valence-electron chi connectivity index (χ4n) is 1.03. The summed E-state index contributed by atoms with van der Waals surface area (Å²) in [4.78, 5) is 0. The van der Waals surface area contributed by atoms with E-state index in [-0.39, 0.29) is 12.5 Å². The van der Waals surface area contributed by atoms with Crippen molar-refractivity contribution in [2.75, 3.05) is 13.1 Å². The SMILES string of the molecule is CCC(CC)CNS(=O)(=O)NCC(F)(F)F. The van der Waals surface area contributed by atoms with Crippen molar-refractivity contribution in [3.05, 3.63) is 0 Å². The highest BCUT2D eigenvalue weighted by Gasteiger charge is 2.29. The second-order valence-corrected chi connectivity index (χ2v) is 5.05. The van der Waals surface area contributed by atoms with Gasteiger partial charge in [0.1, 0.15) is 6.54 Å². The van der Waals surface area contributed by atoms with E-state index in [0.717, 1.165) is 12.8 Å². The molecule has 0 aromatic carbocycles. The van der Waals surface area contributed by atoms with Gasteiger partial charge in [-0.2, -0.15) is 26.3 Å². The van der Waals surface area contributed by atoms with Gasteiger partial charge >= 0.3 is 6.18 Å². The third kappa shape index (κ3) is 7.89. The zero-order chi connectivity index (χ0) is 12.8. The van der Waals surface area contributed by atoms with Crippen molar-refractivity contribution < 1.29 is 21.6 Å². The Balaban J connectivity index is 4.06. The zero-order valence-electron chi connectivity index (χ0n) is 9.26. The van der Waals surface area contributed by atoms with Crippen LogP contribution in [0.25, 0.3) is 0 Å². The summed E-state index contributed by atoms with van der Waals surface area (Å²) in [6.45, 7) is 2.39. The summed E-state index contributed by atoms with van der Waals surface area (Å²) in [6, 6.07) is 0. The van der Waals surface area contributed by atoms with Gasteiger partial charge in [0, 0.05) is 6.54 Å². The summed E-state index contributed by atoms with van der Waals surface area (Å²) in [7, 11) is -4.05. The van der Waals surface area contributed by atoms with Gasteiger partial charge in [-0.25, -0.2) is 4.72 Å². The molecule has 0 radical (unpaired) electrons. The highest BCUT2D eigenvalue weighted by atomic mass is 32.2. The fraction of sp³-hybridized carbons (Fsp3) is 1.00. The van der Waals surface area contributed by atoms with Crippen LogP contribution in [-0.2, 0) is 10.2 Å². The molecular formula is C8H17F3N2O2S. The summed E-state index contributed by atoms with van der Waals surface area (Å²) >= 11 is 0. The number of hydrogen-bond acceptors (Lipinski definition) is 2. The van der Waals surface area contributed by atoms with Gasteiger partial charge in [0.25, 0.3) is 10.2 Å². The Morgan fingerprint density at radius 3 is 2.00 bits per heavy atom. The number of rotatable bonds is 7. The molecule has 2 N–H and O–H groups in total. The molecule has 0 aliphatic rings. The topological polar surface area (TPSA) is 58.2 Å². The number of nitrogens with one attached hydrogen (secondary N) is 2. The molecule has 0 aliphatic carbocycles. The quantitative estimate of drug-likeness (QED) is 0.729. The van der Waals surface area contributed by atoms with E-state index < -0.39 is 22.9 Å². The maximum absolute atomic E-state index is 11.8. The third-order valence-electron chi connectivity index (χ3n) is 2.18. The maximum Gasteiger partial charge on any atom is 0.402 e. The van der Waals surface area contributed by atoms with Crippen molar-refractivity contribution in [3.8, 4) is 0 Å². The lowest BCUT2D eigenvalue weighted by Crippen LogP contribution is -2.42. The lowest BCUT2D eigenvalue weighted by atomic mass is 10.0. The average Bonchev–Trinajstić information content (AvgIpc) is 2.16. The van der Waals surface area contributed by atoms with Crippen LogP contribution in [0.2, 0.25) is 0 Å². The van der Waals surface area contributed by atoms with Crippen LogP contribution < -0.4 is 9.44 Å². The van der Waals surface area contributed by atoms with Gasteiger partial charge in [-0.3, -0.25) is 0 Å². The lowest BCUT2D eigenvalue weighted by molar-refractivity contribution is -0.121. The Hall–Kier alpha value is -0.340. The normalized spacial score (nSPS) is 13.4. The maximum atomic E-state index is 11.8. The second kappa shape index (κ2) is 6.41. The Kier molecular flexibility index (Phi) is 6.27. The number of hydrogen-bond donors (Lipinski definition) is 2. The molecule has 0 fully saturated rings. The number of alkyl halides is 3. The lowest BCUT2D eigenvalue weighted by Gasteiger charge is -2.14. The summed E-state index contributed by atoms with van der Waals surface area (Å²) in [5.41, 5.74) is 0. The highest BCUT2D eigenvalue weighted by Crippen LogP contribution is 2.12. The van der Waals surface area contributed by atoms with Gasteiger partial charge in [0.15, 0.2) is 0 Å². The first-order valence-electron chi connectivity index (χ1n) is 5.01. The molecular weight excluding hydrogens is 245 g/mol. The van der Waals surface area contributed by atoms with Crippen LogP contribution in [0.1, 0.15) is 26.7 Å². The first-order valence-corrected chi connectivity index (χ1v) is 6.49. The zero-order valence-corrected chi connectivity index (χ0v) is 10.1. The van der Waals surface area contributed by atoms with Gasteiger partial charge in [0.2, 0.25) is 0 Å². The smallest absolute Gasteiger partial charge is 0.202 e. The molecule has 0 bridgehead atoms. The minimum absolute atomic E-state index is 0.141. The van der Waals surface area contributed by atoms with Gasteiger partial charge in [-0.15, -0.1) is 0 Å². The Labute approximate surface area is 93.8 Å². The summed E-state index contributed by atoms with van der Waals surface area (Å²) in [6.07, 6.45) is -2.99. The van der Waals surface area contributed by atoms with E-state index in [0.29, 0.717) is 0 Å². The summed E-state index contributed by atoms with van der Waals surface area (Å²) in [5.74, 6) is 0.141. The van der Waals surface area contributed by atoms with Crippen LogP contribution in [0.15, 0.2) is 0 Å². The molecule has 4 nitrogen and oxygen atoms in total. The fourth-order valence-corrected chi connectivity index (χ4v) is 1.94. The largest absolute Gasteiger partial charge is 0.402 e. The van der Waals surface area contributed by atoms with E-state index >= 15 is 0 Å². The minimum atomic E-state index is -4.54. The first-order chi connectivity index (χ1) is 7.20. The summed E-state index contributed by atoms with van der Waals surface area (Å²) in [5, 5.41) is 0. The van der Waals surface area contributed by atoms with Crippen molar-refractivity contribution in [1.29, 1.82) is 0 Å². The van der Waals surface area contributed by atoms with Gasteiger partial charge in [-0.1, -0.05) is 26.7 Å². The van der Waals surface area contributed by atoms with Crippen LogP contribution in [0.5, 0.6) is 0 Å². The third-order valence-corrected chi connectivity index (χ3v) is 3.25. The predicted octanol–water partition coefficient (Wildman–Crippen LogP) is 1.41. The van der Waals surface area contributed by atoms with Crippen LogP contribution in [0.4, 0.5) is 13.2 Å². The monoisotopic (exact) mass is 262 g/mol. The number of halogens is 3. The molecule has 0 unspecified atom stereocenters. The van der Waals surface area contributed by atoms with Crippen molar-refractivity contribution >= 4 is 10.2 Å². The molecule has 0 amide bonds. The molecule has 0 aromatic rings. The highest BCUT2D eigenvalue weighted by molar-refractivity contribution is 7.87. The van der Waals surface area contributed by atoms with Crippen molar-refractivity contribution in [3.63, 3.8) is 0 Å².